The predicted octanol–water partition coefficient (Wildman–Crippen LogP) is 3.63. The molecular weight excluding hydrogens is 368 g/mol. The number of benzene rings is 1. The molecule has 1 aromatic rings. The summed E-state index contributed by atoms with van der Waals surface area (Å²) in [6.07, 6.45) is 0.638. The summed E-state index contributed by atoms with van der Waals surface area (Å²) in [7, 11) is 1.46. The zero-order valence-electron chi connectivity index (χ0n) is 18.6. The Balaban J connectivity index is 1.59. The minimum atomic E-state index is -0.459. The first-order valence-corrected chi connectivity index (χ1v) is 10.5. The van der Waals surface area contributed by atoms with E-state index in [1.54, 1.807) is 4.90 Å². The van der Waals surface area contributed by atoms with Gasteiger partial charge in [0.05, 0.1) is 13.0 Å². The molecule has 2 saturated heterocycles. The van der Waals surface area contributed by atoms with Gasteiger partial charge < -0.3 is 14.4 Å². The summed E-state index contributed by atoms with van der Waals surface area (Å²) in [5.41, 5.74) is 4.72. The standard InChI is InChI=1S/C23H34N2O4/c1-15-9-18(19-12-25(13-19)22(27)29-23(3,4)5)10-16(2)20(15)14-24-8-7-17(11-24)21(26)28-6/h9-10,17,19H,7-8,11-14H2,1-6H3. The average molecular weight is 403 g/mol. The second-order valence-electron chi connectivity index (χ2n) is 9.46. The lowest BCUT2D eigenvalue weighted by Gasteiger charge is -2.40. The van der Waals surface area contributed by atoms with E-state index in [0.29, 0.717) is 19.0 Å². The first kappa shape index (κ1) is 21.6. The van der Waals surface area contributed by atoms with Crippen LogP contribution in [0.15, 0.2) is 12.1 Å². The maximum Gasteiger partial charge on any atom is 0.410 e. The van der Waals surface area contributed by atoms with E-state index in [1.807, 2.05) is 20.8 Å². The number of hydrogen-bond donors (Lipinski definition) is 0. The molecule has 6 nitrogen and oxygen atoms in total. The van der Waals surface area contributed by atoms with Crippen molar-refractivity contribution in [1.29, 1.82) is 0 Å². The molecule has 2 heterocycles. The Morgan fingerprint density at radius 1 is 1.10 bits per heavy atom. The quantitative estimate of drug-likeness (QED) is 0.720. The topological polar surface area (TPSA) is 59.1 Å². The molecule has 2 aliphatic heterocycles. The molecule has 1 atom stereocenters. The van der Waals surface area contributed by atoms with Gasteiger partial charge in [-0.25, -0.2) is 4.79 Å². The van der Waals surface area contributed by atoms with E-state index in [9.17, 15) is 9.59 Å². The van der Waals surface area contributed by atoms with Crippen LogP contribution in [0.3, 0.4) is 0 Å². The minimum absolute atomic E-state index is 0.00583. The van der Waals surface area contributed by atoms with Crippen LogP contribution in [0.5, 0.6) is 0 Å². The molecule has 0 aromatic heterocycles. The smallest absolute Gasteiger partial charge is 0.410 e. The molecule has 0 radical (unpaired) electrons. The highest BCUT2D eigenvalue weighted by molar-refractivity contribution is 5.72. The van der Waals surface area contributed by atoms with Crippen molar-refractivity contribution in [3.8, 4) is 0 Å². The lowest BCUT2D eigenvalue weighted by molar-refractivity contribution is -0.144. The van der Waals surface area contributed by atoms with Gasteiger partial charge in [0, 0.05) is 32.1 Å². The number of carbonyl (C=O) groups excluding carboxylic acids is 2. The van der Waals surface area contributed by atoms with Crippen molar-refractivity contribution in [2.24, 2.45) is 5.92 Å². The molecule has 6 heteroatoms. The van der Waals surface area contributed by atoms with Crippen LogP contribution in [-0.4, -0.2) is 60.8 Å². The van der Waals surface area contributed by atoms with Crippen LogP contribution < -0.4 is 0 Å². The highest BCUT2D eigenvalue weighted by Crippen LogP contribution is 2.32. The Labute approximate surface area is 174 Å². The molecule has 3 rings (SSSR count). The Morgan fingerprint density at radius 3 is 2.28 bits per heavy atom. The molecule has 0 bridgehead atoms. The summed E-state index contributed by atoms with van der Waals surface area (Å²) in [5.74, 6) is 0.258. The van der Waals surface area contributed by atoms with Gasteiger partial charge in [-0.15, -0.1) is 0 Å². The van der Waals surface area contributed by atoms with E-state index < -0.39 is 5.60 Å². The fourth-order valence-corrected chi connectivity index (χ4v) is 4.24. The van der Waals surface area contributed by atoms with E-state index in [1.165, 1.54) is 29.4 Å². The minimum Gasteiger partial charge on any atom is -0.469 e. The molecule has 160 valence electrons. The third-order valence-corrected chi connectivity index (χ3v) is 5.91. The molecule has 2 aliphatic rings. The first-order valence-electron chi connectivity index (χ1n) is 10.5. The van der Waals surface area contributed by atoms with Crippen LogP contribution in [0.1, 0.15) is 55.4 Å². The zero-order valence-corrected chi connectivity index (χ0v) is 18.6. The van der Waals surface area contributed by atoms with Crippen molar-refractivity contribution in [2.45, 2.75) is 59.1 Å². The predicted molar refractivity (Wildman–Crippen MR) is 112 cm³/mol. The van der Waals surface area contributed by atoms with E-state index in [4.69, 9.17) is 9.47 Å². The normalized spacial score (nSPS) is 20.5. The summed E-state index contributed by atoms with van der Waals surface area (Å²) in [6, 6.07) is 4.51. The van der Waals surface area contributed by atoms with Crippen LogP contribution in [0, 0.1) is 19.8 Å². The third-order valence-electron chi connectivity index (χ3n) is 5.91. The highest BCUT2D eigenvalue weighted by atomic mass is 16.6. The third kappa shape index (κ3) is 5.10. The molecular formula is C23H34N2O4. The fourth-order valence-electron chi connectivity index (χ4n) is 4.24. The number of nitrogens with zero attached hydrogens (tertiary/aromatic N) is 2. The van der Waals surface area contributed by atoms with E-state index in [2.05, 4.69) is 30.9 Å². The van der Waals surface area contributed by atoms with Crippen molar-refractivity contribution < 1.29 is 19.1 Å². The summed E-state index contributed by atoms with van der Waals surface area (Å²) in [4.78, 5) is 28.0. The van der Waals surface area contributed by atoms with Gasteiger partial charge in [0.25, 0.3) is 0 Å². The van der Waals surface area contributed by atoms with Crippen LogP contribution in [0.25, 0.3) is 0 Å². The van der Waals surface area contributed by atoms with Gasteiger partial charge in [-0.3, -0.25) is 9.69 Å². The van der Waals surface area contributed by atoms with Gasteiger partial charge in [0.2, 0.25) is 0 Å². The number of aryl methyl sites for hydroxylation is 2. The Morgan fingerprint density at radius 2 is 1.72 bits per heavy atom. The van der Waals surface area contributed by atoms with Crippen molar-refractivity contribution in [3.63, 3.8) is 0 Å². The van der Waals surface area contributed by atoms with Crippen molar-refractivity contribution in [1.82, 2.24) is 9.80 Å². The molecule has 1 aromatic carbocycles. The monoisotopic (exact) mass is 402 g/mol. The maximum atomic E-state index is 12.2. The first-order chi connectivity index (χ1) is 13.6. The lowest BCUT2D eigenvalue weighted by Crippen LogP contribution is -2.50. The highest BCUT2D eigenvalue weighted by Gasteiger charge is 2.35. The number of carbonyl (C=O) groups is 2. The Hall–Kier alpha value is -2.08. The van der Waals surface area contributed by atoms with Crippen molar-refractivity contribution in [2.75, 3.05) is 33.3 Å². The number of hydrogen-bond acceptors (Lipinski definition) is 5. The van der Waals surface area contributed by atoms with Crippen LogP contribution in [0.4, 0.5) is 4.79 Å². The number of amides is 1. The van der Waals surface area contributed by atoms with Gasteiger partial charge in [0.1, 0.15) is 5.60 Å². The SMILES string of the molecule is COC(=O)C1CCN(Cc2c(C)cc(C3CN(C(=O)OC(C)(C)C)C3)cc2C)C1. The number of likely N-dealkylation sites (tertiary alicyclic amines) is 2. The van der Waals surface area contributed by atoms with Crippen LogP contribution in [-0.2, 0) is 20.8 Å². The molecule has 0 spiro atoms. The molecule has 0 aliphatic carbocycles. The largest absolute Gasteiger partial charge is 0.469 e. The number of rotatable bonds is 4. The number of esters is 1. The van der Waals surface area contributed by atoms with E-state index in [0.717, 1.165) is 26.1 Å². The van der Waals surface area contributed by atoms with E-state index in [-0.39, 0.29) is 18.0 Å². The maximum absolute atomic E-state index is 12.2. The summed E-state index contributed by atoms with van der Waals surface area (Å²) >= 11 is 0. The zero-order chi connectivity index (χ0) is 21.3. The van der Waals surface area contributed by atoms with E-state index >= 15 is 0 Å². The van der Waals surface area contributed by atoms with Gasteiger partial charge in [-0.2, -0.15) is 0 Å². The second-order valence-corrected chi connectivity index (χ2v) is 9.46. The van der Waals surface area contributed by atoms with Crippen LogP contribution >= 0.6 is 0 Å². The molecule has 2 fully saturated rings. The number of methoxy groups -OCH3 is 1. The second kappa shape index (κ2) is 8.34. The summed E-state index contributed by atoms with van der Waals surface area (Å²) in [6.45, 7) is 14.0. The Kier molecular flexibility index (Phi) is 6.22. The average Bonchev–Trinajstić information content (AvgIpc) is 3.03. The molecule has 0 N–H and O–H groups in total. The van der Waals surface area contributed by atoms with Crippen molar-refractivity contribution in [3.05, 3.63) is 34.4 Å². The van der Waals surface area contributed by atoms with Crippen LogP contribution in [0.2, 0.25) is 0 Å². The molecule has 0 saturated carbocycles. The summed E-state index contributed by atoms with van der Waals surface area (Å²) in [5, 5.41) is 0. The van der Waals surface area contributed by atoms with Gasteiger partial charge in [-0.05, 0) is 69.8 Å². The van der Waals surface area contributed by atoms with Gasteiger partial charge in [-0.1, -0.05) is 12.1 Å². The van der Waals surface area contributed by atoms with Crippen molar-refractivity contribution >= 4 is 12.1 Å². The molecule has 1 amide bonds. The fraction of sp³-hybridized carbons (Fsp3) is 0.652. The van der Waals surface area contributed by atoms with Gasteiger partial charge in [0.15, 0.2) is 0 Å². The van der Waals surface area contributed by atoms with Gasteiger partial charge >= 0.3 is 12.1 Å². The number of ether oxygens (including phenoxy) is 2. The summed E-state index contributed by atoms with van der Waals surface area (Å²) < 4.78 is 10.3. The molecule has 29 heavy (non-hydrogen) atoms. The Bertz CT molecular complexity index is 755. The molecule has 1 unspecified atom stereocenters. The lowest BCUT2D eigenvalue weighted by atomic mass is 9.87.